The molecule has 0 spiro atoms. The first-order valence-corrected chi connectivity index (χ1v) is 9.48. The van der Waals surface area contributed by atoms with Gasteiger partial charge in [0.25, 0.3) is 5.91 Å². The number of amides is 1. The standard InChI is InChI=1S/C19H25N3O2S/c1-21-7-9-22(10-8-21)18(16-6-11-25-14-16)13-20-19(23)15-4-3-5-17(12-15)24-2/h3-6,11-12,14,18H,7-10,13H2,1-2H3,(H,20,23)/t18-/m1/s1. The number of nitrogens with zero attached hydrogens (tertiary/aromatic N) is 2. The number of carbonyl (C=O) groups is 1. The summed E-state index contributed by atoms with van der Waals surface area (Å²) in [5, 5.41) is 7.38. The molecule has 3 rings (SSSR count). The summed E-state index contributed by atoms with van der Waals surface area (Å²) in [6.45, 7) is 4.77. The summed E-state index contributed by atoms with van der Waals surface area (Å²) in [4.78, 5) is 17.3. The molecule has 2 aromatic rings. The quantitative estimate of drug-likeness (QED) is 0.861. The van der Waals surface area contributed by atoms with Gasteiger partial charge in [-0.05, 0) is 47.6 Å². The molecule has 1 amide bonds. The lowest BCUT2D eigenvalue weighted by Crippen LogP contribution is -2.48. The van der Waals surface area contributed by atoms with Crippen molar-refractivity contribution in [1.82, 2.24) is 15.1 Å². The van der Waals surface area contributed by atoms with Crippen LogP contribution in [0, 0.1) is 0 Å². The summed E-state index contributed by atoms with van der Waals surface area (Å²) >= 11 is 1.70. The Hall–Kier alpha value is -1.89. The van der Waals surface area contributed by atoms with Crippen molar-refractivity contribution in [3.05, 3.63) is 52.2 Å². The lowest BCUT2D eigenvalue weighted by Gasteiger charge is -2.38. The van der Waals surface area contributed by atoms with Gasteiger partial charge in [0.15, 0.2) is 0 Å². The second-order valence-corrected chi connectivity index (χ2v) is 7.13. The van der Waals surface area contributed by atoms with E-state index >= 15 is 0 Å². The van der Waals surface area contributed by atoms with Crippen molar-refractivity contribution in [2.45, 2.75) is 6.04 Å². The molecule has 1 N–H and O–H groups in total. The van der Waals surface area contributed by atoms with Crippen LogP contribution < -0.4 is 10.1 Å². The molecule has 5 nitrogen and oxygen atoms in total. The van der Waals surface area contributed by atoms with E-state index in [4.69, 9.17) is 4.74 Å². The highest BCUT2D eigenvalue weighted by Gasteiger charge is 2.24. The van der Waals surface area contributed by atoms with E-state index in [1.54, 1.807) is 24.5 Å². The smallest absolute Gasteiger partial charge is 0.251 e. The maximum atomic E-state index is 12.5. The molecule has 0 radical (unpaired) electrons. The van der Waals surface area contributed by atoms with Crippen molar-refractivity contribution < 1.29 is 9.53 Å². The largest absolute Gasteiger partial charge is 0.497 e. The summed E-state index contributed by atoms with van der Waals surface area (Å²) < 4.78 is 5.20. The van der Waals surface area contributed by atoms with E-state index in [0.717, 1.165) is 26.2 Å². The van der Waals surface area contributed by atoms with Crippen molar-refractivity contribution in [3.63, 3.8) is 0 Å². The summed E-state index contributed by atoms with van der Waals surface area (Å²) in [6, 6.07) is 9.64. The maximum absolute atomic E-state index is 12.5. The number of ether oxygens (including phenoxy) is 1. The van der Waals surface area contributed by atoms with Gasteiger partial charge < -0.3 is 15.0 Å². The summed E-state index contributed by atoms with van der Waals surface area (Å²) in [5.74, 6) is 0.634. The normalized spacial score (nSPS) is 17.2. The van der Waals surface area contributed by atoms with Crippen LogP contribution in [0.3, 0.4) is 0 Å². The molecule has 0 aliphatic carbocycles. The van der Waals surface area contributed by atoms with Crippen LogP contribution in [-0.4, -0.2) is 62.6 Å². The Balaban J connectivity index is 1.67. The second kappa shape index (κ2) is 8.47. The van der Waals surface area contributed by atoms with E-state index in [9.17, 15) is 4.79 Å². The molecule has 1 aliphatic rings. The number of rotatable bonds is 6. The lowest BCUT2D eigenvalue weighted by molar-refractivity contribution is 0.0886. The number of thiophene rings is 1. The summed E-state index contributed by atoms with van der Waals surface area (Å²) in [7, 11) is 3.76. The van der Waals surface area contributed by atoms with E-state index in [-0.39, 0.29) is 11.9 Å². The molecule has 134 valence electrons. The number of hydrogen-bond donors (Lipinski definition) is 1. The predicted octanol–water partition coefficient (Wildman–Crippen LogP) is 2.48. The van der Waals surface area contributed by atoms with E-state index in [1.165, 1.54) is 5.56 Å². The first kappa shape index (κ1) is 17.9. The van der Waals surface area contributed by atoms with Crippen molar-refractivity contribution in [2.75, 3.05) is 46.9 Å². The topological polar surface area (TPSA) is 44.8 Å². The van der Waals surface area contributed by atoms with E-state index in [2.05, 4.69) is 39.0 Å². The maximum Gasteiger partial charge on any atom is 0.251 e. The minimum Gasteiger partial charge on any atom is -0.497 e. The fourth-order valence-electron chi connectivity index (χ4n) is 3.11. The van der Waals surface area contributed by atoms with Gasteiger partial charge in [0.1, 0.15) is 5.75 Å². The molecule has 1 saturated heterocycles. The molecule has 0 unspecified atom stereocenters. The zero-order chi connectivity index (χ0) is 17.6. The van der Waals surface area contributed by atoms with E-state index < -0.39 is 0 Å². The number of likely N-dealkylation sites (N-methyl/N-ethyl adjacent to an activating group) is 1. The third-order valence-electron chi connectivity index (χ3n) is 4.69. The average molecular weight is 359 g/mol. The van der Waals surface area contributed by atoms with Gasteiger partial charge in [0.05, 0.1) is 13.2 Å². The lowest BCUT2D eigenvalue weighted by atomic mass is 10.1. The average Bonchev–Trinajstić information content (AvgIpc) is 3.17. The van der Waals surface area contributed by atoms with Crippen molar-refractivity contribution >= 4 is 17.2 Å². The van der Waals surface area contributed by atoms with Gasteiger partial charge in [-0.1, -0.05) is 6.07 Å². The number of carbonyl (C=O) groups excluding carboxylic acids is 1. The van der Waals surface area contributed by atoms with Gasteiger partial charge in [0, 0.05) is 38.3 Å². The van der Waals surface area contributed by atoms with Gasteiger partial charge in [-0.25, -0.2) is 0 Å². The fraction of sp³-hybridized carbons (Fsp3) is 0.421. The minimum atomic E-state index is -0.0618. The summed E-state index contributed by atoms with van der Waals surface area (Å²) in [6.07, 6.45) is 0. The first-order chi connectivity index (χ1) is 12.2. The highest BCUT2D eigenvalue weighted by molar-refractivity contribution is 7.07. The Morgan fingerprint density at radius 3 is 2.76 bits per heavy atom. The molecule has 2 heterocycles. The number of piperazine rings is 1. The number of hydrogen-bond acceptors (Lipinski definition) is 5. The zero-order valence-corrected chi connectivity index (χ0v) is 15.6. The van der Waals surface area contributed by atoms with Crippen LogP contribution >= 0.6 is 11.3 Å². The molecule has 1 atom stereocenters. The molecule has 0 saturated carbocycles. The molecule has 1 fully saturated rings. The van der Waals surface area contributed by atoms with Gasteiger partial charge in [0.2, 0.25) is 0 Å². The third-order valence-corrected chi connectivity index (χ3v) is 5.40. The third kappa shape index (κ3) is 4.60. The minimum absolute atomic E-state index is 0.0618. The Morgan fingerprint density at radius 2 is 2.08 bits per heavy atom. The highest BCUT2D eigenvalue weighted by Crippen LogP contribution is 2.24. The van der Waals surface area contributed by atoms with Crippen LogP contribution in [0.25, 0.3) is 0 Å². The highest BCUT2D eigenvalue weighted by atomic mass is 32.1. The molecule has 1 aromatic carbocycles. The van der Waals surface area contributed by atoms with Crippen LogP contribution in [0.2, 0.25) is 0 Å². The SMILES string of the molecule is COc1cccc(C(=O)NC[C@H](c2ccsc2)N2CCN(C)CC2)c1. The van der Waals surface area contributed by atoms with Crippen molar-refractivity contribution in [3.8, 4) is 5.75 Å². The first-order valence-electron chi connectivity index (χ1n) is 8.54. The van der Waals surface area contributed by atoms with Crippen molar-refractivity contribution in [2.24, 2.45) is 0 Å². The van der Waals surface area contributed by atoms with Crippen LogP contribution in [0.4, 0.5) is 0 Å². The molecule has 1 aromatic heterocycles. The Kier molecular flexibility index (Phi) is 6.07. The predicted molar refractivity (Wildman–Crippen MR) is 101 cm³/mol. The molecule has 25 heavy (non-hydrogen) atoms. The van der Waals surface area contributed by atoms with Crippen LogP contribution in [0.15, 0.2) is 41.1 Å². The fourth-order valence-corrected chi connectivity index (χ4v) is 3.82. The van der Waals surface area contributed by atoms with Crippen LogP contribution in [-0.2, 0) is 0 Å². The van der Waals surface area contributed by atoms with Gasteiger partial charge >= 0.3 is 0 Å². The van der Waals surface area contributed by atoms with Gasteiger partial charge in [-0.2, -0.15) is 11.3 Å². The Labute approximate surface area is 153 Å². The molecule has 1 aliphatic heterocycles. The van der Waals surface area contributed by atoms with E-state index in [1.807, 2.05) is 18.2 Å². The molecular formula is C19H25N3O2S. The number of methoxy groups -OCH3 is 1. The zero-order valence-electron chi connectivity index (χ0n) is 14.8. The van der Waals surface area contributed by atoms with Crippen LogP contribution in [0.1, 0.15) is 22.0 Å². The van der Waals surface area contributed by atoms with E-state index in [0.29, 0.717) is 17.9 Å². The second-order valence-electron chi connectivity index (χ2n) is 6.35. The molecule has 0 bridgehead atoms. The van der Waals surface area contributed by atoms with Crippen molar-refractivity contribution in [1.29, 1.82) is 0 Å². The number of nitrogens with one attached hydrogen (secondary N) is 1. The monoisotopic (exact) mass is 359 g/mol. The Bertz CT molecular complexity index is 682. The number of benzene rings is 1. The van der Waals surface area contributed by atoms with Gasteiger partial charge in [-0.15, -0.1) is 0 Å². The molecule has 6 heteroatoms. The summed E-state index contributed by atoms with van der Waals surface area (Å²) in [5.41, 5.74) is 1.90. The Morgan fingerprint density at radius 1 is 1.28 bits per heavy atom. The van der Waals surface area contributed by atoms with Gasteiger partial charge in [-0.3, -0.25) is 9.69 Å². The molecular weight excluding hydrogens is 334 g/mol. The van der Waals surface area contributed by atoms with Crippen LogP contribution in [0.5, 0.6) is 5.75 Å².